The number of phenolic OH excluding ortho intramolecular Hbond substituents is 1. The van der Waals surface area contributed by atoms with Crippen LogP contribution in [0.15, 0.2) is 36.4 Å². The summed E-state index contributed by atoms with van der Waals surface area (Å²) in [4.78, 5) is 11.9. The lowest BCUT2D eigenvalue weighted by Crippen LogP contribution is -2.39. The van der Waals surface area contributed by atoms with Crippen LogP contribution in [0.25, 0.3) is 6.08 Å². The van der Waals surface area contributed by atoms with Gasteiger partial charge in [-0.25, -0.2) is 4.79 Å². The normalized spacial score (nSPS) is 14.0. The van der Waals surface area contributed by atoms with Crippen molar-refractivity contribution in [3.8, 4) is 11.5 Å². The van der Waals surface area contributed by atoms with Crippen LogP contribution in [-0.2, 0) is 9.53 Å². The molecule has 0 aliphatic rings. The molecule has 0 saturated carbocycles. The highest BCUT2D eigenvalue weighted by Crippen LogP contribution is 2.26. The molecule has 40 heavy (non-hydrogen) atoms. The first-order chi connectivity index (χ1) is 19.4. The Hall–Kier alpha value is -2.35. The van der Waals surface area contributed by atoms with E-state index in [0.717, 1.165) is 19.3 Å². The second-order valence-corrected chi connectivity index (χ2v) is 10.6. The van der Waals surface area contributed by atoms with Crippen molar-refractivity contribution >= 4 is 12.0 Å². The summed E-state index contributed by atoms with van der Waals surface area (Å²) >= 11 is 0. The minimum atomic E-state index is -1.46. The molecule has 0 aliphatic carbocycles. The minimum absolute atomic E-state index is 0.0123. The van der Waals surface area contributed by atoms with E-state index in [1.165, 1.54) is 115 Å². The molecule has 0 saturated heterocycles. The van der Waals surface area contributed by atoms with E-state index >= 15 is 0 Å². The number of allylic oxidation sites excluding steroid dienone is 1. The van der Waals surface area contributed by atoms with Gasteiger partial charge in [0.1, 0.15) is 24.9 Å². The van der Waals surface area contributed by atoms with Crippen molar-refractivity contribution < 1.29 is 34.7 Å². The third kappa shape index (κ3) is 17.4. The lowest BCUT2D eigenvalue weighted by atomic mass is 10.0. The fraction of sp³-hybridized carbons (Fsp3) is 0.667. The van der Waals surface area contributed by atoms with Gasteiger partial charge in [0.25, 0.3) is 0 Å². The minimum Gasteiger partial charge on any atom is -0.504 e. The summed E-state index contributed by atoms with van der Waals surface area (Å²) < 4.78 is 9.98. The maximum atomic E-state index is 11.9. The van der Waals surface area contributed by atoms with E-state index in [9.17, 15) is 25.2 Å². The molecule has 0 radical (unpaired) electrons. The number of hydrogen-bond acceptors (Lipinski definition) is 7. The van der Waals surface area contributed by atoms with Crippen molar-refractivity contribution in [1.29, 1.82) is 0 Å². The number of methoxy groups -OCH3 is 1. The number of phenols is 1. The molecule has 228 valence electrons. The van der Waals surface area contributed by atoms with Crippen LogP contribution in [0.1, 0.15) is 115 Å². The Morgan fingerprint density at radius 1 is 0.850 bits per heavy atom. The van der Waals surface area contributed by atoms with Crippen molar-refractivity contribution in [3.05, 3.63) is 42.0 Å². The highest BCUT2D eigenvalue weighted by Gasteiger charge is 2.23. The van der Waals surface area contributed by atoms with Crippen LogP contribution in [-0.4, -0.2) is 58.4 Å². The van der Waals surface area contributed by atoms with Gasteiger partial charge in [-0.2, -0.15) is 0 Å². The first-order valence-corrected chi connectivity index (χ1v) is 15.3. The molecule has 0 aliphatic heterocycles. The van der Waals surface area contributed by atoms with Crippen molar-refractivity contribution in [2.45, 2.75) is 128 Å². The highest BCUT2D eigenvalue weighted by atomic mass is 16.5. The number of aliphatic hydroxyl groups excluding tert-OH is 3. The van der Waals surface area contributed by atoms with E-state index in [2.05, 4.69) is 6.92 Å². The molecule has 3 unspecified atom stereocenters. The molecule has 3 atom stereocenters. The van der Waals surface area contributed by atoms with Gasteiger partial charge in [0.05, 0.1) is 7.11 Å². The molecular weight excluding hydrogens is 508 g/mol. The Bertz CT molecular complexity index is 836. The first kappa shape index (κ1) is 35.7. The van der Waals surface area contributed by atoms with Crippen LogP contribution in [0.5, 0.6) is 11.5 Å². The zero-order valence-corrected chi connectivity index (χ0v) is 24.8. The second kappa shape index (κ2) is 23.4. The molecule has 1 aromatic carbocycles. The summed E-state index contributed by atoms with van der Waals surface area (Å²) in [6, 6.07) is 4.60. The zero-order chi connectivity index (χ0) is 29.4. The number of benzene rings is 1. The molecule has 0 spiro atoms. The molecule has 0 bridgehead atoms. The van der Waals surface area contributed by atoms with Crippen LogP contribution in [0.4, 0.5) is 0 Å². The Morgan fingerprint density at radius 2 is 1.40 bits per heavy atom. The van der Waals surface area contributed by atoms with Crippen molar-refractivity contribution in [3.63, 3.8) is 0 Å². The second-order valence-electron chi connectivity index (χ2n) is 10.6. The summed E-state index contributed by atoms with van der Waals surface area (Å²) in [5, 5.41) is 39.9. The first-order valence-electron chi connectivity index (χ1n) is 15.3. The molecule has 0 fully saturated rings. The van der Waals surface area contributed by atoms with Crippen molar-refractivity contribution in [2.24, 2.45) is 0 Å². The topological polar surface area (TPSA) is 116 Å². The van der Waals surface area contributed by atoms with Gasteiger partial charge in [-0.05, 0) is 36.6 Å². The average Bonchev–Trinajstić information content (AvgIpc) is 2.96. The predicted molar refractivity (Wildman–Crippen MR) is 161 cm³/mol. The van der Waals surface area contributed by atoms with Crippen LogP contribution < -0.4 is 4.74 Å². The number of rotatable bonds is 24. The van der Waals surface area contributed by atoms with Gasteiger partial charge in [-0.3, -0.25) is 0 Å². The maximum absolute atomic E-state index is 11.9. The van der Waals surface area contributed by atoms with Crippen molar-refractivity contribution in [1.82, 2.24) is 0 Å². The van der Waals surface area contributed by atoms with E-state index in [1.807, 2.05) is 6.08 Å². The van der Waals surface area contributed by atoms with Crippen LogP contribution in [0.2, 0.25) is 0 Å². The van der Waals surface area contributed by atoms with E-state index in [4.69, 9.17) is 9.47 Å². The number of hydrogen-bond donors (Lipinski definition) is 4. The molecule has 0 amide bonds. The molecular formula is C33H54O7. The van der Waals surface area contributed by atoms with Gasteiger partial charge >= 0.3 is 5.97 Å². The lowest BCUT2D eigenvalue weighted by molar-refractivity contribution is -0.144. The monoisotopic (exact) mass is 562 g/mol. The molecule has 7 nitrogen and oxygen atoms in total. The number of carbonyl (C=O) groups excluding carboxylic acids is 1. The third-order valence-electron chi connectivity index (χ3n) is 7.06. The average molecular weight is 563 g/mol. The molecule has 0 aromatic heterocycles. The molecule has 7 heteroatoms. The van der Waals surface area contributed by atoms with Gasteiger partial charge in [-0.1, -0.05) is 115 Å². The van der Waals surface area contributed by atoms with Gasteiger partial charge in [0.2, 0.25) is 0 Å². The summed E-state index contributed by atoms with van der Waals surface area (Å²) in [7, 11) is 1.42. The Balaban J connectivity index is 2.07. The third-order valence-corrected chi connectivity index (χ3v) is 7.06. The number of unbranched alkanes of at least 4 members (excludes halogenated alkanes) is 15. The molecule has 4 N–H and O–H groups in total. The van der Waals surface area contributed by atoms with Crippen LogP contribution in [0, 0.1) is 0 Å². The quantitative estimate of drug-likeness (QED) is 0.0471. The molecule has 1 aromatic rings. The highest BCUT2D eigenvalue weighted by molar-refractivity contribution is 5.87. The Morgan fingerprint density at radius 3 is 1.95 bits per heavy atom. The van der Waals surface area contributed by atoms with Crippen LogP contribution in [0.3, 0.4) is 0 Å². The summed E-state index contributed by atoms with van der Waals surface area (Å²) in [6.07, 6.45) is 22.3. The Kier molecular flexibility index (Phi) is 20.8. The number of aromatic hydroxyl groups is 1. The Labute approximate surface area is 241 Å². The lowest BCUT2D eigenvalue weighted by Gasteiger charge is -2.20. The number of carbonyl (C=O) groups is 1. The zero-order valence-electron chi connectivity index (χ0n) is 24.8. The van der Waals surface area contributed by atoms with Gasteiger partial charge in [0.15, 0.2) is 11.5 Å². The smallest absolute Gasteiger partial charge is 0.330 e. The summed E-state index contributed by atoms with van der Waals surface area (Å²) in [5.41, 5.74) is 0.613. The summed E-state index contributed by atoms with van der Waals surface area (Å²) in [6.45, 7) is 1.81. The molecule has 0 heterocycles. The largest absolute Gasteiger partial charge is 0.504 e. The van der Waals surface area contributed by atoms with E-state index in [0.29, 0.717) is 5.56 Å². The summed E-state index contributed by atoms with van der Waals surface area (Å²) in [5.74, 6) is -0.450. The molecule has 1 rings (SSSR count). The number of ether oxygens (including phenoxy) is 2. The number of esters is 1. The fourth-order valence-corrected chi connectivity index (χ4v) is 4.49. The maximum Gasteiger partial charge on any atom is 0.330 e. The van der Waals surface area contributed by atoms with Gasteiger partial charge < -0.3 is 29.9 Å². The van der Waals surface area contributed by atoms with Crippen molar-refractivity contribution in [2.75, 3.05) is 13.7 Å². The fourth-order valence-electron chi connectivity index (χ4n) is 4.49. The standard InChI is InChI=1S/C33H54O7/c1-3-4-5-6-7-8-9-10-11-12-13-14-15-16-17-18-19-20-29(35)33(38)30(36)26-40-32(37)24-22-27-21-23-28(34)31(25-27)39-2/h19-25,29-30,33-36,38H,3-18,26H2,1-2H3/b20-19+,24-22+. The van der Waals surface area contributed by atoms with E-state index in [-0.39, 0.29) is 11.5 Å². The van der Waals surface area contributed by atoms with E-state index < -0.39 is 30.9 Å². The van der Waals surface area contributed by atoms with E-state index in [1.54, 1.807) is 12.1 Å². The number of aliphatic hydroxyl groups is 3. The SMILES string of the molecule is CCCCCCCCCCCCCCCCC/C=C/C(O)C(O)C(O)COC(=O)/C=C/c1ccc(O)c(OC)c1. The predicted octanol–water partition coefficient (Wildman–Crippen LogP) is 6.86. The van der Waals surface area contributed by atoms with Crippen LogP contribution >= 0.6 is 0 Å². The van der Waals surface area contributed by atoms with Gasteiger partial charge in [-0.15, -0.1) is 0 Å². The van der Waals surface area contributed by atoms with Gasteiger partial charge in [0, 0.05) is 6.08 Å².